The number of hydrogen-bond acceptors (Lipinski definition) is 4. The Bertz CT molecular complexity index is 1350. The molecule has 0 unspecified atom stereocenters. The van der Waals surface area contributed by atoms with Crippen LogP contribution in [-0.2, 0) is 16.0 Å². The van der Waals surface area contributed by atoms with E-state index in [0.29, 0.717) is 30.8 Å². The molecule has 2 heterocycles. The largest absolute Gasteiger partial charge is 0.399 e. The van der Waals surface area contributed by atoms with E-state index in [1.807, 2.05) is 61.7 Å². The van der Waals surface area contributed by atoms with Crippen molar-refractivity contribution in [1.82, 2.24) is 14.7 Å². The maximum absolute atomic E-state index is 13.7. The number of nitrogens with two attached hydrogens (primary N) is 1. The average Bonchev–Trinajstić information content (AvgIpc) is 3.46. The van der Waals surface area contributed by atoms with Crippen LogP contribution in [0.2, 0.25) is 0 Å². The summed E-state index contributed by atoms with van der Waals surface area (Å²) < 4.78 is 22.7. The minimum atomic E-state index is -0.611. The number of halogens is 2. The van der Waals surface area contributed by atoms with Crippen molar-refractivity contribution in [1.29, 1.82) is 0 Å². The predicted octanol–water partition coefficient (Wildman–Crippen LogP) is 5.90. The van der Waals surface area contributed by atoms with Crippen LogP contribution in [0.1, 0.15) is 30.7 Å². The molecule has 3 aromatic carbocycles. The first-order valence-electron chi connectivity index (χ1n) is 11.8. The van der Waals surface area contributed by atoms with Gasteiger partial charge in [-0.1, -0.05) is 35.0 Å². The van der Waals surface area contributed by atoms with Crippen LogP contribution in [0.5, 0.6) is 0 Å². The zero-order chi connectivity index (χ0) is 25.2. The van der Waals surface area contributed by atoms with Crippen molar-refractivity contribution in [3.05, 3.63) is 100 Å². The lowest BCUT2D eigenvalue weighted by Gasteiger charge is -2.23. The summed E-state index contributed by atoms with van der Waals surface area (Å²) in [5.41, 5.74) is 10.6. The number of benzene rings is 3. The van der Waals surface area contributed by atoms with Gasteiger partial charge in [0.05, 0.1) is 5.69 Å². The summed E-state index contributed by atoms with van der Waals surface area (Å²) in [5.74, 6) is -0.365. The third-order valence-electron chi connectivity index (χ3n) is 6.34. The van der Waals surface area contributed by atoms with E-state index in [0.717, 1.165) is 26.9 Å². The smallest absolute Gasteiger partial charge is 0.254 e. The Morgan fingerprint density at radius 3 is 2.39 bits per heavy atom. The van der Waals surface area contributed by atoms with Gasteiger partial charge in [-0.15, -0.1) is 0 Å². The molecule has 2 N–H and O–H groups in total. The zero-order valence-corrected chi connectivity index (χ0v) is 21.4. The summed E-state index contributed by atoms with van der Waals surface area (Å²) in [4.78, 5) is 15.1. The van der Waals surface area contributed by atoms with Crippen LogP contribution in [-0.4, -0.2) is 33.2 Å². The van der Waals surface area contributed by atoms with E-state index in [2.05, 4.69) is 15.9 Å². The Labute approximate surface area is 217 Å². The van der Waals surface area contributed by atoms with Crippen LogP contribution in [0.15, 0.2) is 83.5 Å². The van der Waals surface area contributed by atoms with Gasteiger partial charge in [0.15, 0.2) is 6.23 Å². The van der Waals surface area contributed by atoms with Gasteiger partial charge in [-0.25, -0.2) is 9.07 Å². The molecule has 1 aromatic heterocycles. The highest BCUT2D eigenvalue weighted by atomic mass is 79.9. The first-order valence-corrected chi connectivity index (χ1v) is 12.6. The predicted molar refractivity (Wildman–Crippen MR) is 141 cm³/mol. The highest BCUT2D eigenvalue weighted by molar-refractivity contribution is 9.10. The zero-order valence-electron chi connectivity index (χ0n) is 19.8. The molecule has 1 amide bonds. The molecule has 5 rings (SSSR count). The van der Waals surface area contributed by atoms with E-state index in [-0.39, 0.29) is 11.7 Å². The standard InChI is InChI=1S/C28H26BrFN4O2/c1-2-25-27(35)33(16-15-18-3-11-22(31)12-4-18)28(36-25)24-17-34(23-13-7-20(29)8-14-23)32-26(24)19-5-9-21(30)10-6-19/h3-14,17,25,28H,2,15-16,31H2,1H3/t25-,28+/m1/s1. The highest BCUT2D eigenvalue weighted by Crippen LogP contribution is 2.38. The quantitative estimate of drug-likeness (QED) is 0.292. The van der Waals surface area contributed by atoms with Crippen molar-refractivity contribution in [2.75, 3.05) is 12.3 Å². The van der Waals surface area contributed by atoms with Gasteiger partial charge in [0, 0.05) is 34.0 Å². The number of ether oxygens (including phenoxy) is 1. The molecule has 36 heavy (non-hydrogen) atoms. The molecule has 0 bridgehead atoms. The Morgan fingerprint density at radius 2 is 1.72 bits per heavy atom. The molecular weight excluding hydrogens is 523 g/mol. The van der Waals surface area contributed by atoms with Crippen molar-refractivity contribution in [3.63, 3.8) is 0 Å². The van der Waals surface area contributed by atoms with Crippen LogP contribution in [0.4, 0.5) is 10.1 Å². The van der Waals surface area contributed by atoms with Gasteiger partial charge in [-0.05, 0) is 79.1 Å². The summed E-state index contributed by atoms with van der Waals surface area (Å²) in [6.45, 7) is 2.42. The van der Waals surface area contributed by atoms with E-state index in [4.69, 9.17) is 15.6 Å². The number of amides is 1. The van der Waals surface area contributed by atoms with Gasteiger partial charge in [-0.3, -0.25) is 4.79 Å². The Balaban J connectivity index is 1.54. The van der Waals surface area contributed by atoms with Crippen LogP contribution < -0.4 is 5.73 Å². The van der Waals surface area contributed by atoms with Crippen molar-refractivity contribution >= 4 is 27.5 Å². The van der Waals surface area contributed by atoms with Gasteiger partial charge < -0.3 is 15.4 Å². The summed E-state index contributed by atoms with van der Waals surface area (Å²) in [6.07, 6.45) is 1.99. The molecule has 4 aromatic rings. The SMILES string of the molecule is CC[C@H]1O[C@@H](c2cn(-c3ccc(Br)cc3)nc2-c2ccc(F)cc2)N(CCc2ccc(N)cc2)C1=O. The fourth-order valence-corrected chi connectivity index (χ4v) is 4.65. The second-order valence-corrected chi connectivity index (χ2v) is 9.69. The topological polar surface area (TPSA) is 73.4 Å². The van der Waals surface area contributed by atoms with Crippen LogP contribution in [0.3, 0.4) is 0 Å². The molecule has 0 radical (unpaired) electrons. The van der Waals surface area contributed by atoms with Gasteiger partial charge in [0.25, 0.3) is 5.91 Å². The number of aromatic nitrogens is 2. The molecule has 0 saturated carbocycles. The van der Waals surface area contributed by atoms with Crippen molar-refractivity contribution in [2.24, 2.45) is 0 Å². The number of hydrogen-bond donors (Lipinski definition) is 1. The molecule has 2 atom stereocenters. The van der Waals surface area contributed by atoms with Crippen LogP contribution in [0, 0.1) is 5.82 Å². The van der Waals surface area contributed by atoms with Gasteiger partial charge in [0.1, 0.15) is 17.6 Å². The highest BCUT2D eigenvalue weighted by Gasteiger charge is 2.42. The Morgan fingerprint density at radius 1 is 1.03 bits per heavy atom. The van der Waals surface area contributed by atoms with Crippen molar-refractivity contribution in [2.45, 2.75) is 32.1 Å². The lowest BCUT2D eigenvalue weighted by molar-refractivity contribution is -0.130. The first-order chi connectivity index (χ1) is 17.4. The minimum Gasteiger partial charge on any atom is -0.399 e. The second kappa shape index (κ2) is 10.2. The fraction of sp³-hybridized carbons (Fsp3) is 0.214. The summed E-state index contributed by atoms with van der Waals surface area (Å²) >= 11 is 3.47. The molecule has 0 aliphatic carbocycles. The molecular formula is C28H26BrFN4O2. The fourth-order valence-electron chi connectivity index (χ4n) is 4.39. The van der Waals surface area contributed by atoms with Gasteiger partial charge >= 0.3 is 0 Å². The molecule has 184 valence electrons. The number of nitrogen functional groups attached to an aromatic ring is 1. The Kier molecular flexibility index (Phi) is 6.89. The normalized spacial score (nSPS) is 17.6. The molecule has 1 aliphatic rings. The lowest BCUT2D eigenvalue weighted by atomic mass is 10.1. The van der Waals surface area contributed by atoms with Crippen LogP contribution >= 0.6 is 15.9 Å². The Hall–Kier alpha value is -3.49. The number of rotatable bonds is 7. The maximum atomic E-state index is 13.7. The van der Waals surface area contributed by atoms with Gasteiger partial charge in [0.2, 0.25) is 0 Å². The third-order valence-corrected chi connectivity index (χ3v) is 6.87. The number of anilines is 1. The third kappa shape index (κ3) is 4.92. The average molecular weight is 549 g/mol. The van der Waals surface area contributed by atoms with Crippen molar-refractivity contribution in [3.8, 4) is 16.9 Å². The summed E-state index contributed by atoms with van der Waals surface area (Å²) in [6, 6.07) is 21.6. The molecule has 8 heteroatoms. The molecule has 1 fully saturated rings. The molecule has 1 aliphatic heterocycles. The number of carbonyl (C=O) groups excluding carboxylic acids is 1. The van der Waals surface area contributed by atoms with E-state index < -0.39 is 12.3 Å². The lowest BCUT2D eigenvalue weighted by Crippen LogP contribution is -2.32. The van der Waals surface area contributed by atoms with E-state index in [1.165, 1.54) is 12.1 Å². The number of carbonyl (C=O) groups is 1. The minimum absolute atomic E-state index is 0.0422. The molecule has 0 spiro atoms. The second-order valence-electron chi connectivity index (χ2n) is 8.77. The van der Waals surface area contributed by atoms with Crippen LogP contribution in [0.25, 0.3) is 16.9 Å². The summed E-state index contributed by atoms with van der Waals surface area (Å²) in [7, 11) is 0. The van der Waals surface area contributed by atoms with Gasteiger partial charge in [-0.2, -0.15) is 5.10 Å². The molecule has 1 saturated heterocycles. The maximum Gasteiger partial charge on any atom is 0.254 e. The van der Waals surface area contributed by atoms with E-state index in [9.17, 15) is 9.18 Å². The van der Waals surface area contributed by atoms with E-state index >= 15 is 0 Å². The molecule has 6 nitrogen and oxygen atoms in total. The summed E-state index contributed by atoms with van der Waals surface area (Å²) in [5, 5.41) is 4.84. The monoisotopic (exact) mass is 548 g/mol. The van der Waals surface area contributed by atoms with E-state index in [1.54, 1.807) is 21.7 Å². The number of nitrogens with zero attached hydrogens (tertiary/aromatic N) is 3. The van der Waals surface area contributed by atoms with Crippen molar-refractivity contribution < 1.29 is 13.9 Å². The first kappa shape index (κ1) is 24.2.